The molecule has 2 N–H and O–H groups in total. The van der Waals surface area contributed by atoms with E-state index in [4.69, 9.17) is 10.5 Å². The molecule has 0 aromatic heterocycles. The van der Waals surface area contributed by atoms with Gasteiger partial charge in [0.15, 0.2) is 0 Å². The fourth-order valence-corrected chi connectivity index (χ4v) is 2.55. The lowest BCUT2D eigenvalue weighted by Gasteiger charge is -2.21. The first-order chi connectivity index (χ1) is 9.45. The summed E-state index contributed by atoms with van der Waals surface area (Å²) in [6.07, 6.45) is -3.19. The molecular weight excluding hydrogens is 269 g/mol. The largest absolute Gasteiger partial charge is 0.416 e. The number of nitrogens with two attached hydrogens (primary N) is 1. The Morgan fingerprint density at radius 2 is 2.15 bits per heavy atom. The smallest absolute Gasteiger partial charge is 0.380 e. The Morgan fingerprint density at radius 1 is 1.40 bits per heavy atom. The topological polar surface area (TPSA) is 38.5 Å². The summed E-state index contributed by atoms with van der Waals surface area (Å²) in [7, 11) is 1.62. The highest BCUT2D eigenvalue weighted by atomic mass is 19.4. The van der Waals surface area contributed by atoms with Crippen molar-refractivity contribution in [3.63, 3.8) is 0 Å². The molecule has 1 aliphatic rings. The summed E-state index contributed by atoms with van der Waals surface area (Å²) in [4.78, 5) is 1.93. The van der Waals surface area contributed by atoms with E-state index >= 15 is 0 Å². The van der Waals surface area contributed by atoms with Crippen LogP contribution in [0.15, 0.2) is 18.2 Å². The first-order valence-corrected chi connectivity index (χ1v) is 6.63. The molecule has 1 aromatic carbocycles. The lowest BCUT2D eigenvalue weighted by atomic mass is 10.0. The second kappa shape index (κ2) is 6.01. The van der Waals surface area contributed by atoms with E-state index < -0.39 is 11.7 Å². The van der Waals surface area contributed by atoms with E-state index in [0.29, 0.717) is 18.8 Å². The molecule has 112 valence electrons. The fraction of sp³-hybridized carbons (Fsp3) is 0.571. The summed E-state index contributed by atoms with van der Waals surface area (Å²) in [6.45, 7) is 1.55. The summed E-state index contributed by atoms with van der Waals surface area (Å²) in [5.74, 6) is 0. The van der Waals surface area contributed by atoms with Crippen molar-refractivity contribution in [1.82, 2.24) is 0 Å². The van der Waals surface area contributed by atoms with Gasteiger partial charge in [-0.1, -0.05) is 6.07 Å². The molecule has 0 bridgehead atoms. The number of hydrogen-bond donors (Lipinski definition) is 1. The summed E-state index contributed by atoms with van der Waals surface area (Å²) in [6, 6.07) is 4.49. The van der Waals surface area contributed by atoms with Gasteiger partial charge >= 0.3 is 6.18 Å². The van der Waals surface area contributed by atoms with Gasteiger partial charge in [-0.15, -0.1) is 0 Å². The normalized spacial score (nSPS) is 19.6. The predicted octanol–water partition coefficient (Wildman–Crippen LogP) is 2.43. The van der Waals surface area contributed by atoms with Crippen LogP contribution in [0.2, 0.25) is 0 Å². The van der Waals surface area contributed by atoms with E-state index in [2.05, 4.69) is 0 Å². The molecule has 1 aromatic rings. The number of halogens is 3. The number of methoxy groups -OCH3 is 1. The minimum atomic E-state index is -4.35. The summed E-state index contributed by atoms with van der Waals surface area (Å²) >= 11 is 0. The van der Waals surface area contributed by atoms with Gasteiger partial charge in [-0.3, -0.25) is 0 Å². The monoisotopic (exact) mass is 288 g/mol. The maximum atomic E-state index is 13.1. The molecule has 1 heterocycles. The Morgan fingerprint density at radius 3 is 2.70 bits per heavy atom. The molecule has 1 aliphatic heterocycles. The predicted molar refractivity (Wildman–Crippen MR) is 71.8 cm³/mol. The highest BCUT2D eigenvalue weighted by Crippen LogP contribution is 2.35. The van der Waals surface area contributed by atoms with Crippen molar-refractivity contribution < 1.29 is 17.9 Å². The molecule has 1 unspecified atom stereocenters. The maximum absolute atomic E-state index is 13.1. The van der Waals surface area contributed by atoms with Gasteiger partial charge in [-0.05, 0) is 37.1 Å². The number of rotatable bonds is 4. The Bertz CT molecular complexity index is 462. The van der Waals surface area contributed by atoms with E-state index in [1.54, 1.807) is 13.2 Å². The van der Waals surface area contributed by atoms with Gasteiger partial charge in [0.25, 0.3) is 0 Å². The molecule has 1 fully saturated rings. The molecule has 0 amide bonds. The first kappa shape index (κ1) is 15.1. The average Bonchev–Trinajstić information content (AvgIpc) is 2.87. The van der Waals surface area contributed by atoms with Gasteiger partial charge in [0.1, 0.15) is 0 Å². The lowest BCUT2D eigenvalue weighted by Crippen LogP contribution is -2.23. The number of anilines is 1. The van der Waals surface area contributed by atoms with Crippen LogP contribution in [0.1, 0.15) is 17.5 Å². The van der Waals surface area contributed by atoms with Crippen LogP contribution in [0, 0.1) is 0 Å². The Kier molecular flexibility index (Phi) is 4.55. The van der Waals surface area contributed by atoms with Crippen LogP contribution in [-0.2, 0) is 17.3 Å². The minimum Gasteiger partial charge on any atom is -0.380 e. The third kappa shape index (κ3) is 3.24. The van der Waals surface area contributed by atoms with E-state index in [0.717, 1.165) is 6.42 Å². The molecule has 1 atom stereocenters. The van der Waals surface area contributed by atoms with Gasteiger partial charge in [-0.2, -0.15) is 13.2 Å². The Balaban J connectivity index is 2.28. The van der Waals surface area contributed by atoms with Crippen LogP contribution in [0.25, 0.3) is 0 Å². The molecule has 0 radical (unpaired) electrons. The summed E-state index contributed by atoms with van der Waals surface area (Å²) < 4.78 is 44.5. The quantitative estimate of drug-likeness (QED) is 0.925. The van der Waals surface area contributed by atoms with Crippen LogP contribution in [-0.4, -0.2) is 32.8 Å². The third-order valence-electron chi connectivity index (χ3n) is 3.66. The van der Waals surface area contributed by atoms with Crippen molar-refractivity contribution in [1.29, 1.82) is 0 Å². The zero-order valence-electron chi connectivity index (χ0n) is 11.4. The van der Waals surface area contributed by atoms with Crippen LogP contribution in [0.3, 0.4) is 0 Å². The zero-order valence-corrected chi connectivity index (χ0v) is 11.4. The molecule has 20 heavy (non-hydrogen) atoms. The number of benzene rings is 1. The summed E-state index contributed by atoms with van der Waals surface area (Å²) in [5.41, 5.74) is 5.64. The van der Waals surface area contributed by atoms with Crippen LogP contribution in [0.5, 0.6) is 0 Å². The van der Waals surface area contributed by atoms with Crippen molar-refractivity contribution in [3.05, 3.63) is 29.3 Å². The standard InChI is InChI=1S/C14H19F3N2O/c1-20-12-5-7-19(9-12)11-3-2-10(4-6-18)13(8-11)14(15,16)17/h2-3,8,12H,4-7,9,18H2,1H3. The SMILES string of the molecule is COC1CCN(c2ccc(CCN)c(C(F)(F)F)c2)C1. The van der Waals surface area contributed by atoms with Crippen LogP contribution < -0.4 is 10.6 Å². The average molecular weight is 288 g/mol. The van der Waals surface area contributed by atoms with E-state index in [1.807, 2.05) is 4.90 Å². The van der Waals surface area contributed by atoms with Crippen molar-refractivity contribution in [2.24, 2.45) is 5.73 Å². The van der Waals surface area contributed by atoms with Gasteiger partial charge in [0.2, 0.25) is 0 Å². The van der Waals surface area contributed by atoms with E-state index in [1.165, 1.54) is 12.1 Å². The molecule has 1 saturated heterocycles. The molecule has 0 aliphatic carbocycles. The first-order valence-electron chi connectivity index (χ1n) is 6.63. The van der Waals surface area contributed by atoms with Crippen molar-refractivity contribution in [2.45, 2.75) is 25.1 Å². The summed E-state index contributed by atoms with van der Waals surface area (Å²) in [5, 5.41) is 0. The second-order valence-electron chi connectivity index (χ2n) is 4.97. The lowest BCUT2D eigenvalue weighted by molar-refractivity contribution is -0.138. The Labute approximate surface area is 116 Å². The highest BCUT2D eigenvalue weighted by molar-refractivity contribution is 5.53. The number of ether oxygens (including phenoxy) is 1. The van der Waals surface area contributed by atoms with Gasteiger partial charge in [0.05, 0.1) is 11.7 Å². The maximum Gasteiger partial charge on any atom is 0.416 e. The van der Waals surface area contributed by atoms with Gasteiger partial charge < -0.3 is 15.4 Å². The zero-order chi connectivity index (χ0) is 14.8. The molecule has 6 heteroatoms. The number of alkyl halides is 3. The molecular formula is C14H19F3N2O. The third-order valence-corrected chi connectivity index (χ3v) is 3.66. The molecule has 0 spiro atoms. The number of nitrogens with zero attached hydrogens (tertiary/aromatic N) is 1. The Hall–Kier alpha value is -1.27. The highest BCUT2D eigenvalue weighted by Gasteiger charge is 2.34. The van der Waals surface area contributed by atoms with Crippen LogP contribution in [0.4, 0.5) is 18.9 Å². The number of hydrogen-bond acceptors (Lipinski definition) is 3. The van der Waals surface area contributed by atoms with Crippen LogP contribution >= 0.6 is 0 Å². The van der Waals surface area contributed by atoms with Crippen molar-refractivity contribution in [3.8, 4) is 0 Å². The van der Waals surface area contributed by atoms with E-state index in [-0.39, 0.29) is 24.6 Å². The molecule has 3 nitrogen and oxygen atoms in total. The minimum absolute atomic E-state index is 0.0908. The van der Waals surface area contributed by atoms with E-state index in [9.17, 15) is 13.2 Å². The van der Waals surface area contributed by atoms with Gasteiger partial charge in [-0.25, -0.2) is 0 Å². The molecule has 0 saturated carbocycles. The van der Waals surface area contributed by atoms with Gasteiger partial charge in [0, 0.05) is 25.9 Å². The second-order valence-corrected chi connectivity index (χ2v) is 4.97. The van der Waals surface area contributed by atoms with Crippen molar-refractivity contribution >= 4 is 5.69 Å². The molecule has 2 rings (SSSR count). The van der Waals surface area contributed by atoms with Crippen molar-refractivity contribution in [2.75, 3.05) is 31.6 Å². The fourth-order valence-electron chi connectivity index (χ4n) is 2.55.